The van der Waals surface area contributed by atoms with Crippen LogP contribution in [0.4, 0.5) is 21.0 Å². The second kappa shape index (κ2) is 8.36. The zero-order valence-electron chi connectivity index (χ0n) is 19.6. The molecule has 4 fully saturated rings. The summed E-state index contributed by atoms with van der Waals surface area (Å²) in [6.45, 7) is 0.359. The number of rotatable bonds is 8. The summed E-state index contributed by atoms with van der Waals surface area (Å²) in [4.78, 5) is 21.2. The van der Waals surface area contributed by atoms with E-state index in [0.717, 1.165) is 30.9 Å². The van der Waals surface area contributed by atoms with Gasteiger partial charge < -0.3 is 24.8 Å². The van der Waals surface area contributed by atoms with Gasteiger partial charge in [0.25, 0.3) is 0 Å². The number of fused-ring (bicyclic) bond motifs is 1. The number of ether oxygens (including phenoxy) is 3. The van der Waals surface area contributed by atoms with Crippen LogP contribution < -0.4 is 15.4 Å². The fourth-order valence-electron chi connectivity index (χ4n) is 5.52. The second-order valence-electron chi connectivity index (χ2n) is 9.80. The first kappa shape index (κ1) is 22.1. The Hall–Kier alpha value is -3.41. The van der Waals surface area contributed by atoms with Crippen molar-refractivity contribution in [1.29, 1.82) is 0 Å². The molecule has 7 rings (SSSR count). The van der Waals surface area contributed by atoms with Gasteiger partial charge in [0.05, 0.1) is 19.4 Å². The zero-order chi connectivity index (χ0) is 24.2. The van der Waals surface area contributed by atoms with Gasteiger partial charge in [-0.05, 0) is 38.0 Å². The number of nitrogens with zero attached hydrogens (tertiary/aromatic N) is 4. The van der Waals surface area contributed by atoms with Crippen LogP contribution in [0.2, 0.25) is 0 Å². The number of methoxy groups -OCH3 is 2. The van der Waals surface area contributed by atoms with E-state index in [1.54, 1.807) is 23.6 Å². The molecule has 0 unspecified atom stereocenters. The summed E-state index contributed by atoms with van der Waals surface area (Å²) in [5.74, 6) is 1.62. The molecule has 4 aliphatic carbocycles. The summed E-state index contributed by atoms with van der Waals surface area (Å²) in [7, 11) is 3.14. The van der Waals surface area contributed by atoms with Crippen LogP contribution in [0.25, 0.3) is 5.65 Å². The van der Waals surface area contributed by atoms with Gasteiger partial charge in [-0.25, -0.2) is 14.2 Å². The molecule has 0 radical (unpaired) electrons. The molecule has 35 heavy (non-hydrogen) atoms. The Morgan fingerprint density at radius 1 is 1.26 bits per heavy atom. The molecule has 4 aliphatic rings. The number of carbonyl (C=O) groups excluding carboxylic acids is 1. The Balaban J connectivity index is 1.14. The number of halogens is 1. The lowest BCUT2D eigenvalue weighted by atomic mass is 9.50. The van der Waals surface area contributed by atoms with E-state index in [2.05, 4.69) is 30.8 Å². The molecular formula is C23H28FN7O4. The quantitative estimate of drug-likeness (QED) is 0.444. The first-order valence-electron chi connectivity index (χ1n) is 11.8. The van der Waals surface area contributed by atoms with E-state index in [1.165, 1.54) is 7.11 Å². The summed E-state index contributed by atoms with van der Waals surface area (Å²) < 4.78 is 32.9. The van der Waals surface area contributed by atoms with Crippen LogP contribution in [-0.4, -0.2) is 62.7 Å². The van der Waals surface area contributed by atoms with E-state index in [4.69, 9.17) is 14.2 Å². The van der Waals surface area contributed by atoms with E-state index in [9.17, 15) is 4.79 Å². The van der Waals surface area contributed by atoms with Gasteiger partial charge >= 0.3 is 6.09 Å². The molecule has 11 nitrogen and oxygen atoms in total. The third kappa shape index (κ3) is 3.95. The number of H-pyrrole nitrogens is 1. The molecule has 3 atom stereocenters. The molecule has 3 heterocycles. The standard InChI is InChI=1S/C23H28FN7O4/c1-33-11-13-10-31-18(25-13)6-19(34-2)27-21(31)26-17-5-15(29-30-17)14-3-4-16(20(14)24)35-22(32)28-23-7-12(8-23)9-23/h5-6,10,12,14,16,20H,3-4,7-9,11H2,1-2H3,(H,28,32)(H2,26,27,29,30)/t12?,14-,16-,20+,23?/m0/s1. The van der Waals surface area contributed by atoms with Gasteiger partial charge in [0, 0.05) is 42.6 Å². The largest absolute Gasteiger partial charge is 0.481 e. The first-order valence-corrected chi connectivity index (χ1v) is 11.8. The number of aromatic amines is 1. The molecule has 0 saturated heterocycles. The number of nitrogens with one attached hydrogen (secondary N) is 3. The van der Waals surface area contributed by atoms with Gasteiger partial charge in [-0.1, -0.05) is 0 Å². The van der Waals surface area contributed by atoms with E-state index in [0.29, 0.717) is 48.4 Å². The minimum absolute atomic E-state index is 0.0886. The minimum atomic E-state index is -1.31. The van der Waals surface area contributed by atoms with E-state index in [1.807, 2.05) is 6.20 Å². The highest BCUT2D eigenvalue weighted by Crippen LogP contribution is 2.57. The molecule has 4 saturated carbocycles. The normalized spacial score (nSPS) is 28.9. The van der Waals surface area contributed by atoms with Crippen LogP contribution >= 0.6 is 0 Å². The number of anilines is 2. The van der Waals surface area contributed by atoms with Crippen molar-refractivity contribution in [2.24, 2.45) is 5.92 Å². The van der Waals surface area contributed by atoms with Gasteiger partial charge in [-0.15, -0.1) is 0 Å². The highest BCUT2D eigenvalue weighted by atomic mass is 19.1. The SMILES string of the molecule is COCc1cn2c(Nc3cc([C@@H]4CC[C@H](OC(=O)NC56CC(C5)C6)[C@@H]4F)[nH]n3)nc(OC)cc2n1. The molecule has 12 heteroatoms. The van der Waals surface area contributed by atoms with Crippen molar-refractivity contribution < 1.29 is 23.4 Å². The number of imidazole rings is 1. The van der Waals surface area contributed by atoms with Gasteiger partial charge in [0.2, 0.25) is 11.8 Å². The van der Waals surface area contributed by atoms with Crippen LogP contribution in [0.5, 0.6) is 5.88 Å². The lowest BCUT2D eigenvalue weighted by Crippen LogP contribution is -2.68. The molecule has 186 valence electrons. The summed E-state index contributed by atoms with van der Waals surface area (Å²) in [5, 5.41) is 13.3. The summed E-state index contributed by atoms with van der Waals surface area (Å²) in [6.07, 6.45) is 3.29. The molecular weight excluding hydrogens is 457 g/mol. The van der Waals surface area contributed by atoms with Crippen LogP contribution in [0.3, 0.4) is 0 Å². The third-order valence-electron chi connectivity index (χ3n) is 7.38. The van der Waals surface area contributed by atoms with Crippen molar-refractivity contribution in [3.63, 3.8) is 0 Å². The molecule has 0 aliphatic heterocycles. The highest BCUT2D eigenvalue weighted by Gasteiger charge is 2.58. The molecule has 2 bridgehead atoms. The average Bonchev–Trinajstić information content (AvgIpc) is 3.49. The number of alkyl halides is 1. The minimum Gasteiger partial charge on any atom is -0.481 e. The van der Waals surface area contributed by atoms with Crippen LogP contribution in [0, 0.1) is 5.92 Å². The lowest BCUT2D eigenvalue weighted by Gasteiger charge is -2.61. The molecule has 3 aromatic heterocycles. The maximum Gasteiger partial charge on any atom is 0.407 e. The molecule has 3 N–H and O–H groups in total. The second-order valence-corrected chi connectivity index (χ2v) is 9.80. The summed E-state index contributed by atoms with van der Waals surface area (Å²) in [5.41, 5.74) is 1.92. The predicted octanol–water partition coefficient (Wildman–Crippen LogP) is 3.21. The average molecular weight is 486 g/mol. The Kier molecular flexibility index (Phi) is 5.28. The number of amides is 1. The van der Waals surface area contributed by atoms with Crippen LogP contribution in [0.15, 0.2) is 18.3 Å². The summed E-state index contributed by atoms with van der Waals surface area (Å²) >= 11 is 0. The van der Waals surface area contributed by atoms with Gasteiger partial charge in [-0.3, -0.25) is 9.50 Å². The van der Waals surface area contributed by atoms with Gasteiger partial charge in [0.1, 0.15) is 17.9 Å². The van der Waals surface area contributed by atoms with E-state index in [-0.39, 0.29) is 5.54 Å². The topological polar surface area (TPSA) is 128 Å². The maximum atomic E-state index is 15.2. The smallest absolute Gasteiger partial charge is 0.407 e. The lowest BCUT2D eigenvalue weighted by molar-refractivity contribution is -0.0532. The number of alkyl carbamates (subject to hydrolysis) is 1. The molecule has 3 aromatic rings. The molecule has 0 aromatic carbocycles. The van der Waals surface area contributed by atoms with Gasteiger partial charge in [0.15, 0.2) is 5.82 Å². The number of hydrogen-bond donors (Lipinski definition) is 3. The molecule has 0 spiro atoms. The summed E-state index contributed by atoms with van der Waals surface area (Å²) in [6, 6.07) is 3.47. The van der Waals surface area contributed by atoms with Crippen molar-refractivity contribution >= 4 is 23.5 Å². The Bertz CT molecular complexity index is 1240. The fourth-order valence-corrected chi connectivity index (χ4v) is 5.52. The fraction of sp³-hybridized carbons (Fsp3) is 0.565. The maximum absolute atomic E-state index is 15.2. The van der Waals surface area contributed by atoms with Crippen molar-refractivity contribution in [3.05, 3.63) is 29.7 Å². The van der Waals surface area contributed by atoms with Crippen molar-refractivity contribution in [2.45, 2.75) is 62.4 Å². The van der Waals surface area contributed by atoms with Crippen molar-refractivity contribution in [1.82, 2.24) is 29.9 Å². The Morgan fingerprint density at radius 2 is 2.09 bits per heavy atom. The highest BCUT2D eigenvalue weighted by molar-refractivity contribution is 5.69. The zero-order valence-corrected chi connectivity index (χ0v) is 19.6. The number of aromatic nitrogens is 5. The number of hydrogen-bond acceptors (Lipinski definition) is 8. The third-order valence-corrected chi connectivity index (χ3v) is 7.38. The van der Waals surface area contributed by atoms with E-state index < -0.39 is 24.3 Å². The first-order chi connectivity index (χ1) is 16.9. The number of carbonyl (C=O) groups is 1. The van der Waals surface area contributed by atoms with Crippen molar-refractivity contribution in [2.75, 3.05) is 19.5 Å². The Labute approximate surface area is 200 Å². The van der Waals surface area contributed by atoms with Crippen LogP contribution in [-0.2, 0) is 16.1 Å². The molecule has 1 amide bonds. The monoisotopic (exact) mass is 485 g/mol. The van der Waals surface area contributed by atoms with Crippen LogP contribution in [0.1, 0.15) is 49.4 Å². The Morgan fingerprint density at radius 3 is 2.80 bits per heavy atom. The van der Waals surface area contributed by atoms with Crippen molar-refractivity contribution in [3.8, 4) is 5.88 Å². The van der Waals surface area contributed by atoms with E-state index >= 15 is 4.39 Å². The van der Waals surface area contributed by atoms with Gasteiger partial charge in [-0.2, -0.15) is 10.1 Å². The predicted molar refractivity (Wildman–Crippen MR) is 122 cm³/mol.